The predicted molar refractivity (Wildman–Crippen MR) is 88.1 cm³/mol. The second-order valence-corrected chi connectivity index (χ2v) is 5.28. The monoisotopic (exact) mass is 307 g/mol. The summed E-state index contributed by atoms with van der Waals surface area (Å²) in [6, 6.07) is 15.3. The highest BCUT2D eigenvalue weighted by Gasteiger charge is 2.17. The van der Waals surface area contributed by atoms with Gasteiger partial charge in [-0.3, -0.25) is 0 Å². The Morgan fingerprint density at radius 2 is 2.13 bits per heavy atom. The standard InChI is InChI=1S/C18H17N3O2/c1-12-7-8-18(23-12)17(11-22-2)21-16-9-13(10-19)20-15-6-4-3-5-14(15)16/h3-9,17H,11H2,1-2H3,(H,20,21). The van der Waals surface area contributed by atoms with Crippen LogP contribution >= 0.6 is 0 Å². The lowest BCUT2D eigenvalue weighted by atomic mass is 10.1. The van der Waals surface area contributed by atoms with E-state index in [4.69, 9.17) is 9.15 Å². The van der Waals surface area contributed by atoms with Gasteiger partial charge in [0.15, 0.2) is 0 Å². The third-order valence-corrected chi connectivity index (χ3v) is 3.60. The highest BCUT2D eigenvalue weighted by Crippen LogP contribution is 2.28. The maximum absolute atomic E-state index is 9.20. The zero-order valence-corrected chi connectivity index (χ0v) is 13.0. The maximum Gasteiger partial charge on any atom is 0.143 e. The van der Waals surface area contributed by atoms with Crippen LogP contribution in [0.25, 0.3) is 10.9 Å². The van der Waals surface area contributed by atoms with Gasteiger partial charge < -0.3 is 14.5 Å². The fourth-order valence-electron chi connectivity index (χ4n) is 2.54. The third-order valence-electron chi connectivity index (χ3n) is 3.60. The molecule has 0 aliphatic heterocycles. The summed E-state index contributed by atoms with van der Waals surface area (Å²) < 4.78 is 11.0. The molecule has 0 aliphatic carbocycles. The van der Waals surface area contributed by atoms with E-state index in [1.54, 1.807) is 13.2 Å². The number of anilines is 1. The number of pyridine rings is 1. The highest BCUT2D eigenvalue weighted by atomic mass is 16.5. The van der Waals surface area contributed by atoms with Crippen molar-refractivity contribution in [1.82, 2.24) is 4.98 Å². The first-order valence-electron chi connectivity index (χ1n) is 7.33. The molecule has 1 aromatic carbocycles. The van der Waals surface area contributed by atoms with Gasteiger partial charge in [-0.1, -0.05) is 18.2 Å². The molecule has 116 valence electrons. The molecule has 0 radical (unpaired) electrons. The number of nitrogens with one attached hydrogen (secondary N) is 1. The molecule has 5 heteroatoms. The number of methoxy groups -OCH3 is 1. The number of rotatable bonds is 5. The summed E-state index contributed by atoms with van der Waals surface area (Å²) in [7, 11) is 1.65. The minimum Gasteiger partial charge on any atom is -0.464 e. The van der Waals surface area contributed by atoms with Crippen LogP contribution in [0.5, 0.6) is 0 Å². The number of nitriles is 1. The molecule has 0 saturated carbocycles. The molecule has 0 saturated heterocycles. The van der Waals surface area contributed by atoms with Gasteiger partial charge in [0, 0.05) is 18.2 Å². The minimum absolute atomic E-state index is 0.147. The van der Waals surface area contributed by atoms with Crippen molar-refractivity contribution in [2.45, 2.75) is 13.0 Å². The van der Waals surface area contributed by atoms with Crippen LogP contribution in [0.15, 0.2) is 46.9 Å². The van der Waals surface area contributed by atoms with E-state index in [1.165, 1.54) is 0 Å². The number of aromatic nitrogens is 1. The van der Waals surface area contributed by atoms with Gasteiger partial charge in [-0.15, -0.1) is 0 Å². The van der Waals surface area contributed by atoms with Crippen molar-refractivity contribution in [3.63, 3.8) is 0 Å². The van der Waals surface area contributed by atoms with Gasteiger partial charge in [0.2, 0.25) is 0 Å². The number of hydrogen-bond donors (Lipinski definition) is 1. The number of aryl methyl sites for hydroxylation is 1. The highest BCUT2D eigenvalue weighted by molar-refractivity contribution is 5.91. The van der Waals surface area contributed by atoms with Crippen molar-refractivity contribution in [2.24, 2.45) is 0 Å². The van der Waals surface area contributed by atoms with E-state index in [-0.39, 0.29) is 6.04 Å². The normalized spacial score (nSPS) is 12.0. The quantitative estimate of drug-likeness (QED) is 0.776. The molecule has 0 spiro atoms. The van der Waals surface area contributed by atoms with Gasteiger partial charge in [0.1, 0.15) is 29.3 Å². The average molecular weight is 307 g/mol. The van der Waals surface area contributed by atoms with E-state index in [0.717, 1.165) is 28.1 Å². The van der Waals surface area contributed by atoms with Crippen molar-refractivity contribution in [2.75, 3.05) is 19.0 Å². The van der Waals surface area contributed by atoms with Gasteiger partial charge >= 0.3 is 0 Å². The topological polar surface area (TPSA) is 71.1 Å². The Hall–Kier alpha value is -2.84. The minimum atomic E-state index is -0.147. The lowest BCUT2D eigenvalue weighted by Crippen LogP contribution is -2.16. The van der Waals surface area contributed by atoms with E-state index in [9.17, 15) is 5.26 Å². The number of benzene rings is 1. The second kappa shape index (κ2) is 6.51. The summed E-state index contributed by atoms with van der Waals surface area (Å²) in [5.41, 5.74) is 1.99. The number of ether oxygens (including phenoxy) is 1. The van der Waals surface area contributed by atoms with Crippen LogP contribution in [0.1, 0.15) is 23.3 Å². The molecule has 3 rings (SSSR count). The molecular weight excluding hydrogens is 290 g/mol. The third kappa shape index (κ3) is 3.17. The molecule has 5 nitrogen and oxygen atoms in total. The van der Waals surface area contributed by atoms with Crippen LogP contribution in [0, 0.1) is 18.3 Å². The van der Waals surface area contributed by atoms with Gasteiger partial charge in [0.05, 0.1) is 12.1 Å². The Kier molecular flexibility index (Phi) is 4.26. The fourth-order valence-corrected chi connectivity index (χ4v) is 2.54. The molecule has 0 aliphatic rings. The summed E-state index contributed by atoms with van der Waals surface area (Å²) >= 11 is 0. The number of nitrogens with zero attached hydrogens (tertiary/aromatic N) is 2. The summed E-state index contributed by atoms with van der Waals surface area (Å²) in [6.07, 6.45) is 0. The molecule has 1 unspecified atom stereocenters. The van der Waals surface area contributed by atoms with Gasteiger partial charge in [-0.25, -0.2) is 4.98 Å². The molecule has 2 aromatic heterocycles. The zero-order valence-electron chi connectivity index (χ0n) is 13.0. The fraction of sp³-hybridized carbons (Fsp3) is 0.222. The first kappa shape index (κ1) is 15.1. The van der Waals surface area contributed by atoms with Crippen molar-refractivity contribution < 1.29 is 9.15 Å². The Morgan fingerprint density at radius 3 is 2.83 bits per heavy atom. The van der Waals surface area contributed by atoms with E-state index in [2.05, 4.69) is 16.4 Å². The van der Waals surface area contributed by atoms with Crippen LogP contribution in [0.4, 0.5) is 5.69 Å². The lowest BCUT2D eigenvalue weighted by molar-refractivity contribution is 0.178. The number of hydrogen-bond acceptors (Lipinski definition) is 5. The molecular formula is C18H17N3O2. The van der Waals surface area contributed by atoms with E-state index in [0.29, 0.717) is 12.3 Å². The number of para-hydroxylation sites is 1. The summed E-state index contributed by atoms with van der Waals surface area (Å²) in [6.45, 7) is 2.36. The van der Waals surface area contributed by atoms with Crippen molar-refractivity contribution in [3.8, 4) is 6.07 Å². The Labute approximate surface area is 134 Å². The van der Waals surface area contributed by atoms with E-state index in [1.807, 2.05) is 43.3 Å². The summed E-state index contributed by atoms with van der Waals surface area (Å²) in [4.78, 5) is 4.33. The van der Waals surface area contributed by atoms with Crippen LogP contribution in [-0.2, 0) is 4.74 Å². The largest absolute Gasteiger partial charge is 0.464 e. The van der Waals surface area contributed by atoms with E-state index < -0.39 is 0 Å². The second-order valence-electron chi connectivity index (χ2n) is 5.28. The van der Waals surface area contributed by atoms with Crippen LogP contribution in [0.3, 0.4) is 0 Å². The first-order valence-corrected chi connectivity index (χ1v) is 7.33. The van der Waals surface area contributed by atoms with Crippen LogP contribution in [0.2, 0.25) is 0 Å². The first-order chi connectivity index (χ1) is 11.2. The zero-order chi connectivity index (χ0) is 16.2. The summed E-state index contributed by atoms with van der Waals surface area (Å²) in [5.74, 6) is 1.64. The Morgan fingerprint density at radius 1 is 1.30 bits per heavy atom. The summed E-state index contributed by atoms with van der Waals surface area (Å²) in [5, 5.41) is 13.6. The molecule has 0 fully saturated rings. The van der Waals surface area contributed by atoms with Crippen LogP contribution < -0.4 is 5.32 Å². The van der Waals surface area contributed by atoms with Crippen LogP contribution in [-0.4, -0.2) is 18.7 Å². The molecule has 3 aromatic rings. The SMILES string of the molecule is COCC(Nc1cc(C#N)nc2ccccc12)c1ccc(C)o1. The number of furan rings is 1. The number of fused-ring (bicyclic) bond motifs is 1. The van der Waals surface area contributed by atoms with Gasteiger partial charge in [-0.05, 0) is 31.2 Å². The van der Waals surface area contributed by atoms with Crippen molar-refractivity contribution >= 4 is 16.6 Å². The molecule has 1 atom stereocenters. The van der Waals surface area contributed by atoms with Gasteiger partial charge in [0.25, 0.3) is 0 Å². The Bertz CT molecular complexity index is 864. The lowest BCUT2D eigenvalue weighted by Gasteiger charge is -2.18. The van der Waals surface area contributed by atoms with Crippen molar-refractivity contribution in [3.05, 3.63) is 59.7 Å². The average Bonchev–Trinajstić information content (AvgIpc) is 3.00. The maximum atomic E-state index is 9.20. The predicted octanol–water partition coefficient (Wildman–Crippen LogP) is 3.81. The molecule has 0 amide bonds. The molecule has 23 heavy (non-hydrogen) atoms. The van der Waals surface area contributed by atoms with E-state index >= 15 is 0 Å². The Balaban J connectivity index is 2.03. The molecule has 2 heterocycles. The molecule has 1 N–H and O–H groups in total. The van der Waals surface area contributed by atoms with Gasteiger partial charge in [-0.2, -0.15) is 5.26 Å². The molecule has 0 bridgehead atoms. The van der Waals surface area contributed by atoms with Crippen molar-refractivity contribution in [1.29, 1.82) is 5.26 Å². The smallest absolute Gasteiger partial charge is 0.143 e.